The van der Waals surface area contributed by atoms with E-state index in [2.05, 4.69) is 26.0 Å². The number of benzene rings is 2. The fourth-order valence-corrected chi connectivity index (χ4v) is 3.90. The molecular weight excluding hydrogens is 356 g/mol. The molecule has 0 spiro atoms. The molecule has 2 aromatic carbocycles. The van der Waals surface area contributed by atoms with E-state index in [1.165, 1.54) is 29.5 Å². The molecule has 144 valence electrons. The maximum absolute atomic E-state index is 11.8. The van der Waals surface area contributed by atoms with Crippen LogP contribution in [0, 0.1) is 6.92 Å². The van der Waals surface area contributed by atoms with Gasteiger partial charge in [0.2, 0.25) is 0 Å². The summed E-state index contributed by atoms with van der Waals surface area (Å²) in [5.41, 5.74) is 4.93. The summed E-state index contributed by atoms with van der Waals surface area (Å²) in [5, 5.41) is 0. The number of esters is 1. The van der Waals surface area contributed by atoms with E-state index in [0.717, 1.165) is 22.6 Å². The molecule has 0 radical (unpaired) electrons. The number of hydrogen-bond acceptors (Lipinski definition) is 4. The van der Waals surface area contributed by atoms with Crippen LogP contribution in [-0.2, 0) is 17.8 Å². The van der Waals surface area contributed by atoms with Crippen LogP contribution in [0.15, 0.2) is 35.2 Å². The third-order valence-electron chi connectivity index (χ3n) is 5.06. The van der Waals surface area contributed by atoms with Gasteiger partial charge in [-0.1, -0.05) is 26.0 Å². The molecule has 1 aliphatic rings. The quantitative estimate of drug-likeness (QED) is 0.315. The van der Waals surface area contributed by atoms with E-state index in [4.69, 9.17) is 9.47 Å². The molecule has 4 heteroatoms. The maximum Gasteiger partial charge on any atom is 0.310 e. The Morgan fingerprint density at radius 2 is 1.96 bits per heavy atom. The van der Waals surface area contributed by atoms with Crippen molar-refractivity contribution in [1.29, 1.82) is 0 Å². The molecule has 0 bridgehead atoms. The number of thioether (sulfide) groups is 1. The van der Waals surface area contributed by atoms with Gasteiger partial charge in [0.05, 0.1) is 0 Å². The van der Waals surface area contributed by atoms with Crippen molar-refractivity contribution in [2.45, 2.75) is 63.9 Å². The molecule has 1 fully saturated rings. The van der Waals surface area contributed by atoms with Crippen molar-refractivity contribution in [3.63, 3.8) is 0 Å². The van der Waals surface area contributed by atoms with Gasteiger partial charge in [-0.2, -0.15) is 0 Å². The Hall–Kier alpha value is -1.94. The molecule has 1 aliphatic carbocycles. The van der Waals surface area contributed by atoms with Crippen LogP contribution in [0.1, 0.15) is 61.3 Å². The van der Waals surface area contributed by atoms with E-state index in [-0.39, 0.29) is 5.97 Å². The molecule has 2 aromatic rings. The van der Waals surface area contributed by atoms with E-state index >= 15 is 0 Å². The molecule has 0 aliphatic heterocycles. The Kier molecular flexibility index (Phi) is 6.48. The van der Waals surface area contributed by atoms with E-state index in [1.54, 1.807) is 18.7 Å². The predicted octanol–water partition coefficient (Wildman–Crippen LogP) is 6.05. The Labute approximate surface area is 166 Å². The van der Waals surface area contributed by atoms with Crippen molar-refractivity contribution >= 4 is 17.7 Å². The Morgan fingerprint density at radius 1 is 1.19 bits per heavy atom. The fraction of sp³-hybridized carbons (Fsp3) is 0.435. The number of hydrogen-bond donors (Lipinski definition) is 0. The largest absolute Gasteiger partial charge is 0.488 e. The lowest BCUT2D eigenvalue weighted by Crippen LogP contribution is -2.09. The lowest BCUT2D eigenvalue weighted by molar-refractivity contribution is -0.134. The molecule has 3 rings (SSSR count). The monoisotopic (exact) mass is 384 g/mol. The summed E-state index contributed by atoms with van der Waals surface area (Å²) in [5.74, 6) is 1.97. The second kappa shape index (κ2) is 8.83. The zero-order valence-corrected chi connectivity index (χ0v) is 17.4. The molecule has 3 nitrogen and oxygen atoms in total. The maximum atomic E-state index is 11.8. The molecule has 0 N–H and O–H groups in total. The van der Waals surface area contributed by atoms with Crippen LogP contribution in [0.2, 0.25) is 0 Å². The first-order valence-corrected chi connectivity index (χ1v) is 10.9. The zero-order valence-electron chi connectivity index (χ0n) is 16.6. The third kappa shape index (κ3) is 4.67. The summed E-state index contributed by atoms with van der Waals surface area (Å²) in [4.78, 5) is 12.9. The van der Waals surface area contributed by atoms with Crippen molar-refractivity contribution in [3.05, 3.63) is 52.6 Å². The molecule has 0 aromatic heterocycles. The number of carbonyl (C=O) groups excluding carboxylic acids is 1. The lowest BCUT2D eigenvalue weighted by atomic mass is 9.99. The molecule has 0 saturated heterocycles. The normalized spacial score (nSPS) is 13.5. The molecule has 0 unspecified atom stereocenters. The number of carbonyl (C=O) groups is 1. The minimum absolute atomic E-state index is 0.226. The van der Waals surface area contributed by atoms with Crippen LogP contribution in [0.5, 0.6) is 11.5 Å². The first kappa shape index (κ1) is 19.8. The minimum atomic E-state index is -0.226. The fourth-order valence-electron chi connectivity index (χ4n) is 3.28. The van der Waals surface area contributed by atoms with Gasteiger partial charge in [0.25, 0.3) is 0 Å². The Bertz CT molecular complexity index is 825. The van der Waals surface area contributed by atoms with Crippen molar-refractivity contribution in [3.8, 4) is 11.5 Å². The molecule has 0 heterocycles. The number of aryl methyl sites for hydroxylation is 2. The highest BCUT2D eigenvalue weighted by atomic mass is 32.2. The van der Waals surface area contributed by atoms with Gasteiger partial charge >= 0.3 is 5.97 Å². The number of rotatable bonds is 8. The van der Waals surface area contributed by atoms with E-state index in [1.807, 2.05) is 24.5 Å². The topological polar surface area (TPSA) is 35.5 Å². The number of ether oxygens (including phenoxy) is 2. The van der Waals surface area contributed by atoms with Crippen molar-refractivity contribution < 1.29 is 14.3 Å². The summed E-state index contributed by atoms with van der Waals surface area (Å²) in [7, 11) is 0. The average Bonchev–Trinajstić information content (AvgIpc) is 3.51. The highest BCUT2D eigenvalue weighted by molar-refractivity contribution is 7.98. The Morgan fingerprint density at radius 3 is 2.59 bits per heavy atom. The molecule has 0 atom stereocenters. The summed E-state index contributed by atoms with van der Waals surface area (Å²) >= 11 is 1.64. The molecule has 27 heavy (non-hydrogen) atoms. The highest BCUT2D eigenvalue weighted by Gasteiger charge is 2.28. The van der Waals surface area contributed by atoms with Crippen LogP contribution in [-0.4, -0.2) is 12.2 Å². The second-order valence-corrected chi connectivity index (χ2v) is 7.85. The van der Waals surface area contributed by atoms with Gasteiger partial charge in [0, 0.05) is 16.9 Å². The minimum Gasteiger partial charge on any atom is -0.488 e. The van der Waals surface area contributed by atoms with Crippen molar-refractivity contribution in [1.82, 2.24) is 0 Å². The summed E-state index contributed by atoms with van der Waals surface area (Å²) in [6.07, 6.45) is 5.90. The molecular formula is C23H28O3S. The van der Waals surface area contributed by atoms with Crippen LogP contribution in [0.4, 0.5) is 0 Å². The van der Waals surface area contributed by atoms with Crippen LogP contribution >= 0.6 is 11.8 Å². The van der Waals surface area contributed by atoms with Gasteiger partial charge < -0.3 is 9.47 Å². The molecule has 1 saturated carbocycles. The van der Waals surface area contributed by atoms with Crippen molar-refractivity contribution in [2.75, 3.05) is 6.26 Å². The van der Waals surface area contributed by atoms with Gasteiger partial charge in [-0.25, -0.2) is 0 Å². The Balaban J connectivity index is 1.88. The predicted molar refractivity (Wildman–Crippen MR) is 111 cm³/mol. The molecule has 0 amide bonds. The summed E-state index contributed by atoms with van der Waals surface area (Å²) < 4.78 is 11.8. The van der Waals surface area contributed by atoms with Gasteiger partial charge in [0.1, 0.15) is 18.1 Å². The SMILES string of the molecule is CCC(=O)Oc1cccc(SC)c1COc1cc(C)c(CC)cc1C1CC1. The lowest BCUT2D eigenvalue weighted by Gasteiger charge is -2.17. The summed E-state index contributed by atoms with van der Waals surface area (Å²) in [6.45, 7) is 6.54. The smallest absolute Gasteiger partial charge is 0.310 e. The van der Waals surface area contributed by atoms with Gasteiger partial charge in [-0.15, -0.1) is 11.8 Å². The van der Waals surface area contributed by atoms with E-state index < -0.39 is 0 Å². The van der Waals surface area contributed by atoms with E-state index in [9.17, 15) is 4.79 Å². The van der Waals surface area contributed by atoms with Gasteiger partial charge in [-0.05, 0) is 73.2 Å². The third-order valence-corrected chi connectivity index (χ3v) is 5.88. The van der Waals surface area contributed by atoms with Gasteiger partial charge in [-0.3, -0.25) is 4.79 Å². The standard InChI is InChI=1S/C23H28O3S/c1-5-16-13-18(17-10-11-17)21(12-15(16)3)25-14-19-20(26-23(24)6-2)8-7-9-22(19)27-4/h7-9,12-13,17H,5-6,10-11,14H2,1-4H3. The van der Waals surface area contributed by atoms with Crippen LogP contribution in [0.25, 0.3) is 0 Å². The summed E-state index contributed by atoms with van der Waals surface area (Å²) in [6, 6.07) is 10.3. The van der Waals surface area contributed by atoms with Crippen molar-refractivity contribution in [2.24, 2.45) is 0 Å². The first-order chi connectivity index (χ1) is 13.1. The highest BCUT2D eigenvalue weighted by Crippen LogP contribution is 2.45. The average molecular weight is 385 g/mol. The van der Waals surface area contributed by atoms with Crippen LogP contribution in [0.3, 0.4) is 0 Å². The van der Waals surface area contributed by atoms with Crippen LogP contribution < -0.4 is 9.47 Å². The zero-order chi connectivity index (χ0) is 19.4. The van der Waals surface area contributed by atoms with E-state index in [0.29, 0.717) is 24.7 Å². The second-order valence-electron chi connectivity index (χ2n) is 7.00. The first-order valence-electron chi connectivity index (χ1n) is 9.70. The van der Waals surface area contributed by atoms with Gasteiger partial charge in [0.15, 0.2) is 0 Å².